The van der Waals surface area contributed by atoms with Gasteiger partial charge in [-0.3, -0.25) is 0 Å². The van der Waals surface area contributed by atoms with E-state index in [1.54, 1.807) is 0 Å². The highest BCUT2D eigenvalue weighted by Gasteiger charge is 2.21. The van der Waals surface area contributed by atoms with Gasteiger partial charge in [0.2, 0.25) is 0 Å². The van der Waals surface area contributed by atoms with Crippen LogP contribution in [0.3, 0.4) is 0 Å². The largest absolute Gasteiger partial charge is 0.390 e. The number of rotatable bonds is 0. The van der Waals surface area contributed by atoms with E-state index in [9.17, 15) is 5.11 Å². The van der Waals surface area contributed by atoms with Gasteiger partial charge in [0.25, 0.3) is 0 Å². The molecule has 1 aliphatic rings. The van der Waals surface area contributed by atoms with Crippen LogP contribution in [0.25, 0.3) is 0 Å². The van der Waals surface area contributed by atoms with E-state index >= 15 is 0 Å². The van der Waals surface area contributed by atoms with Gasteiger partial charge in [0.05, 0.1) is 5.60 Å². The van der Waals surface area contributed by atoms with Crippen molar-refractivity contribution < 1.29 is 5.11 Å². The summed E-state index contributed by atoms with van der Waals surface area (Å²) in [6.45, 7) is 3.68. The summed E-state index contributed by atoms with van der Waals surface area (Å²) in [5, 5.41) is 13.7. The zero-order valence-electron chi connectivity index (χ0n) is 5.93. The first-order valence-corrected chi connectivity index (χ1v) is 3.56. The predicted molar refractivity (Wildman–Crippen MR) is 36.3 cm³/mol. The molecular weight excluding hydrogens is 114 g/mol. The van der Waals surface area contributed by atoms with Crippen molar-refractivity contribution >= 4 is 0 Å². The normalized spacial score (nSPS) is 38.0. The third-order valence-corrected chi connectivity index (χ3v) is 1.84. The second-order valence-electron chi connectivity index (χ2n) is 3.02. The van der Waals surface area contributed by atoms with Crippen LogP contribution in [0.1, 0.15) is 26.2 Å². The molecule has 1 heterocycles. The molecule has 1 unspecified atom stereocenters. The first-order valence-electron chi connectivity index (χ1n) is 3.56. The average molecular weight is 128 g/mol. The lowest BCUT2D eigenvalue weighted by Crippen LogP contribution is -2.24. The molecule has 0 saturated carbocycles. The van der Waals surface area contributed by atoms with E-state index in [0.717, 1.165) is 32.4 Å². The lowest BCUT2D eigenvalue weighted by atomic mass is 9.98. The van der Waals surface area contributed by atoms with Crippen molar-refractivity contribution in [2.45, 2.75) is 31.8 Å². The third kappa shape index (κ3) is 2.33. The monoisotopic (exact) mass is 128 g/mol. The van der Waals surface area contributed by atoms with Crippen molar-refractivity contribution in [2.75, 3.05) is 13.1 Å². The van der Waals surface area contributed by atoms with Crippen LogP contribution in [0.2, 0.25) is 0 Å². The summed E-state index contributed by atoms with van der Waals surface area (Å²) in [6, 6.07) is 0. The molecule has 0 amide bonds. The van der Waals surface area contributed by atoms with Gasteiger partial charge in [0.1, 0.15) is 0 Å². The van der Waals surface area contributed by atoms with E-state index < -0.39 is 5.60 Å². The Balaban J connectivity index is 2.36. The third-order valence-electron chi connectivity index (χ3n) is 1.84. The number of hydrogen-bond donors (Lipinski definition) is 1. The number of aliphatic hydroxyl groups is 1. The molecule has 0 bridgehead atoms. The Morgan fingerprint density at radius 1 is 1.33 bits per heavy atom. The fourth-order valence-corrected chi connectivity index (χ4v) is 1.13. The van der Waals surface area contributed by atoms with Crippen LogP contribution in [-0.2, 0) is 0 Å². The second kappa shape index (κ2) is 2.67. The van der Waals surface area contributed by atoms with E-state index in [0.29, 0.717) is 0 Å². The molecule has 0 aromatic rings. The Morgan fingerprint density at radius 2 is 2.11 bits per heavy atom. The number of hydrogen-bond acceptors (Lipinski definition) is 1. The zero-order chi connectivity index (χ0) is 6.74. The maximum absolute atomic E-state index is 9.49. The van der Waals surface area contributed by atoms with Crippen molar-refractivity contribution in [1.82, 2.24) is 5.32 Å². The lowest BCUT2D eigenvalue weighted by Gasteiger charge is -2.18. The van der Waals surface area contributed by atoms with Gasteiger partial charge in [-0.1, -0.05) is 0 Å². The highest BCUT2D eigenvalue weighted by atomic mass is 16.3. The van der Waals surface area contributed by atoms with Crippen molar-refractivity contribution in [1.29, 1.82) is 0 Å². The van der Waals surface area contributed by atoms with E-state index in [-0.39, 0.29) is 0 Å². The van der Waals surface area contributed by atoms with Crippen LogP contribution in [0.15, 0.2) is 0 Å². The standard InChI is InChI=1S/C7H14NO/c1-7(9)3-2-5-8-6-4-7/h9H,2-6H2,1H3. The van der Waals surface area contributed by atoms with Gasteiger partial charge < -0.3 is 5.11 Å². The van der Waals surface area contributed by atoms with Gasteiger partial charge in [0, 0.05) is 13.1 Å². The zero-order valence-corrected chi connectivity index (χ0v) is 5.93. The molecule has 0 aromatic carbocycles. The van der Waals surface area contributed by atoms with Gasteiger partial charge in [0.15, 0.2) is 0 Å². The van der Waals surface area contributed by atoms with Gasteiger partial charge in [-0.15, -0.1) is 0 Å². The van der Waals surface area contributed by atoms with Crippen LogP contribution in [0.5, 0.6) is 0 Å². The van der Waals surface area contributed by atoms with Gasteiger partial charge in [-0.25, -0.2) is 5.32 Å². The molecule has 1 fully saturated rings. The summed E-state index contributed by atoms with van der Waals surface area (Å²) in [7, 11) is 0. The summed E-state index contributed by atoms with van der Waals surface area (Å²) in [5.74, 6) is 0. The lowest BCUT2D eigenvalue weighted by molar-refractivity contribution is 0.0477. The quantitative estimate of drug-likeness (QED) is 0.507. The molecule has 1 aliphatic heterocycles. The highest BCUT2D eigenvalue weighted by Crippen LogP contribution is 2.17. The molecule has 53 valence electrons. The molecule has 0 aromatic heterocycles. The predicted octanol–water partition coefficient (Wildman–Crippen LogP) is 0.526. The summed E-state index contributed by atoms with van der Waals surface area (Å²) in [5.41, 5.74) is -0.431. The SMILES string of the molecule is CC1(O)CCC[N]CC1. The van der Waals surface area contributed by atoms with E-state index in [4.69, 9.17) is 0 Å². The molecule has 0 aliphatic carbocycles. The maximum atomic E-state index is 9.49. The molecule has 9 heavy (non-hydrogen) atoms. The molecule has 1 saturated heterocycles. The summed E-state index contributed by atoms with van der Waals surface area (Å²) >= 11 is 0. The average Bonchev–Trinajstić information content (AvgIpc) is 1.92. The van der Waals surface area contributed by atoms with Crippen molar-refractivity contribution in [3.8, 4) is 0 Å². The Labute approximate surface area is 56.3 Å². The van der Waals surface area contributed by atoms with Crippen molar-refractivity contribution in [2.24, 2.45) is 0 Å². The first-order chi connectivity index (χ1) is 4.21. The fourth-order valence-electron chi connectivity index (χ4n) is 1.13. The topological polar surface area (TPSA) is 34.3 Å². The smallest absolute Gasteiger partial charge is 0.0633 e. The molecule has 1 rings (SSSR count). The van der Waals surface area contributed by atoms with Gasteiger partial charge in [-0.2, -0.15) is 0 Å². The Kier molecular flexibility index (Phi) is 2.09. The van der Waals surface area contributed by atoms with Crippen LogP contribution in [0, 0.1) is 0 Å². The molecule has 2 nitrogen and oxygen atoms in total. The minimum atomic E-state index is -0.431. The van der Waals surface area contributed by atoms with Gasteiger partial charge >= 0.3 is 0 Å². The minimum Gasteiger partial charge on any atom is -0.390 e. The molecule has 1 N–H and O–H groups in total. The Morgan fingerprint density at radius 3 is 2.89 bits per heavy atom. The molecule has 0 spiro atoms. The molecule has 1 radical (unpaired) electrons. The van der Waals surface area contributed by atoms with E-state index in [2.05, 4.69) is 5.32 Å². The van der Waals surface area contributed by atoms with E-state index in [1.807, 2.05) is 6.92 Å². The fraction of sp³-hybridized carbons (Fsp3) is 1.00. The van der Waals surface area contributed by atoms with Crippen LogP contribution >= 0.6 is 0 Å². The van der Waals surface area contributed by atoms with Crippen LogP contribution < -0.4 is 5.32 Å². The van der Waals surface area contributed by atoms with Crippen LogP contribution in [0.4, 0.5) is 0 Å². The molecule has 2 heteroatoms. The summed E-state index contributed by atoms with van der Waals surface area (Å²) in [4.78, 5) is 0. The van der Waals surface area contributed by atoms with Crippen LogP contribution in [-0.4, -0.2) is 23.8 Å². The highest BCUT2D eigenvalue weighted by molar-refractivity contribution is 4.76. The molecule has 1 atom stereocenters. The van der Waals surface area contributed by atoms with Crippen molar-refractivity contribution in [3.05, 3.63) is 0 Å². The van der Waals surface area contributed by atoms with E-state index in [1.165, 1.54) is 0 Å². The van der Waals surface area contributed by atoms with Gasteiger partial charge in [-0.05, 0) is 26.2 Å². The maximum Gasteiger partial charge on any atom is 0.0633 e. The Hall–Kier alpha value is -0.0800. The second-order valence-corrected chi connectivity index (χ2v) is 3.02. The minimum absolute atomic E-state index is 0.431. The summed E-state index contributed by atoms with van der Waals surface area (Å²) < 4.78 is 0. The number of nitrogens with zero attached hydrogens (tertiary/aromatic N) is 1. The van der Waals surface area contributed by atoms with Crippen molar-refractivity contribution in [3.63, 3.8) is 0 Å². The Bertz CT molecular complexity index is 80.9. The summed E-state index contributed by atoms with van der Waals surface area (Å²) in [6.07, 6.45) is 2.80. The molecular formula is C7H14NO. The first kappa shape index (κ1) is 7.03.